The van der Waals surface area contributed by atoms with Crippen molar-refractivity contribution in [2.45, 2.75) is 15.7 Å². The number of hydrogen-bond acceptors (Lipinski definition) is 2. The molecule has 2 aromatic carbocycles. The van der Waals surface area contributed by atoms with Crippen LogP contribution in [0.3, 0.4) is 0 Å². The summed E-state index contributed by atoms with van der Waals surface area (Å²) in [7, 11) is 0. The standard InChI is InChI=1S/C15H13BrS2/c16-13-6-2-4-8-15(13)18-10-11-9-17-14-7-3-1-5-12(11)14/h1-8,11H,9-10H2. The molecule has 0 radical (unpaired) electrons. The Hall–Kier alpha value is -0.380. The lowest BCUT2D eigenvalue weighted by Gasteiger charge is -2.11. The average Bonchev–Trinajstić information content (AvgIpc) is 2.81. The zero-order valence-electron chi connectivity index (χ0n) is 9.80. The third kappa shape index (κ3) is 2.63. The van der Waals surface area contributed by atoms with E-state index in [-0.39, 0.29) is 0 Å². The van der Waals surface area contributed by atoms with E-state index in [4.69, 9.17) is 0 Å². The third-order valence-corrected chi connectivity index (χ3v) is 6.52. The van der Waals surface area contributed by atoms with Crippen molar-refractivity contribution in [1.29, 1.82) is 0 Å². The summed E-state index contributed by atoms with van der Waals surface area (Å²) in [6.45, 7) is 0. The molecule has 92 valence electrons. The summed E-state index contributed by atoms with van der Waals surface area (Å²) in [6.07, 6.45) is 0. The first-order valence-electron chi connectivity index (χ1n) is 5.93. The molecule has 1 aliphatic heterocycles. The van der Waals surface area contributed by atoms with Crippen molar-refractivity contribution in [1.82, 2.24) is 0 Å². The zero-order chi connectivity index (χ0) is 12.4. The van der Waals surface area contributed by atoms with Crippen LogP contribution in [-0.2, 0) is 0 Å². The normalized spacial score (nSPS) is 17.7. The molecule has 18 heavy (non-hydrogen) atoms. The summed E-state index contributed by atoms with van der Waals surface area (Å²) in [5, 5.41) is 0. The first-order chi connectivity index (χ1) is 8.84. The summed E-state index contributed by atoms with van der Waals surface area (Å²) < 4.78 is 1.20. The molecule has 0 saturated carbocycles. The second kappa shape index (κ2) is 5.72. The second-order valence-electron chi connectivity index (χ2n) is 4.29. The fourth-order valence-electron chi connectivity index (χ4n) is 2.12. The minimum Gasteiger partial charge on any atom is -0.125 e. The van der Waals surface area contributed by atoms with Gasteiger partial charge in [-0.3, -0.25) is 0 Å². The van der Waals surface area contributed by atoms with E-state index in [1.165, 1.54) is 25.6 Å². The number of fused-ring (bicyclic) bond motifs is 1. The van der Waals surface area contributed by atoms with E-state index in [0.717, 1.165) is 5.75 Å². The SMILES string of the molecule is Brc1ccccc1SCC1CSc2ccccc21. The average molecular weight is 337 g/mol. The van der Waals surface area contributed by atoms with Gasteiger partial charge in [-0.15, -0.1) is 23.5 Å². The Labute approximate surface area is 125 Å². The Bertz CT molecular complexity index is 554. The van der Waals surface area contributed by atoms with E-state index in [0.29, 0.717) is 5.92 Å². The number of rotatable bonds is 3. The van der Waals surface area contributed by atoms with E-state index in [1.807, 2.05) is 23.5 Å². The molecular weight excluding hydrogens is 324 g/mol. The molecule has 1 atom stereocenters. The molecule has 1 aliphatic rings. The molecule has 0 bridgehead atoms. The van der Waals surface area contributed by atoms with E-state index in [9.17, 15) is 0 Å². The van der Waals surface area contributed by atoms with Gasteiger partial charge in [0.1, 0.15) is 0 Å². The van der Waals surface area contributed by atoms with Gasteiger partial charge in [0.05, 0.1) is 0 Å². The van der Waals surface area contributed by atoms with E-state index >= 15 is 0 Å². The maximum atomic E-state index is 3.61. The highest BCUT2D eigenvalue weighted by Gasteiger charge is 2.22. The van der Waals surface area contributed by atoms with Gasteiger partial charge in [-0.25, -0.2) is 0 Å². The van der Waals surface area contributed by atoms with Gasteiger partial charge in [0, 0.05) is 31.7 Å². The monoisotopic (exact) mass is 336 g/mol. The summed E-state index contributed by atoms with van der Waals surface area (Å²) in [5.41, 5.74) is 1.53. The molecule has 0 nitrogen and oxygen atoms in total. The molecule has 1 heterocycles. The minimum absolute atomic E-state index is 0.684. The molecule has 3 heteroatoms. The van der Waals surface area contributed by atoms with Crippen molar-refractivity contribution in [3.63, 3.8) is 0 Å². The van der Waals surface area contributed by atoms with Crippen LogP contribution in [0.4, 0.5) is 0 Å². The number of thioether (sulfide) groups is 2. The van der Waals surface area contributed by atoms with Crippen molar-refractivity contribution in [2.24, 2.45) is 0 Å². The third-order valence-electron chi connectivity index (χ3n) is 3.08. The van der Waals surface area contributed by atoms with E-state index in [2.05, 4.69) is 64.5 Å². The van der Waals surface area contributed by atoms with Gasteiger partial charge in [0.2, 0.25) is 0 Å². The summed E-state index contributed by atoms with van der Waals surface area (Å²) >= 11 is 7.55. The van der Waals surface area contributed by atoms with E-state index in [1.54, 1.807) is 0 Å². The van der Waals surface area contributed by atoms with Crippen molar-refractivity contribution in [3.8, 4) is 0 Å². The topological polar surface area (TPSA) is 0 Å². The lowest BCUT2D eigenvalue weighted by molar-refractivity contribution is 0.896. The van der Waals surface area contributed by atoms with Gasteiger partial charge in [0.15, 0.2) is 0 Å². The lowest BCUT2D eigenvalue weighted by Crippen LogP contribution is -2.00. The highest BCUT2D eigenvalue weighted by atomic mass is 79.9. The Kier molecular flexibility index (Phi) is 4.02. The Balaban J connectivity index is 1.71. The van der Waals surface area contributed by atoms with Crippen LogP contribution in [0.2, 0.25) is 0 Å². The minimum atomic E-state index is 0.684. The largest absolute Gasteiger partial charge is 0.125 e. The summed E-state index contributed by atoms with van der Waals surface area (Å²) in [5.74, 6) is 3.06. The molecule has 0 fully saturated rings. The Morgan fingerprint density at radius 3 is 2.78 bits per heavy atom. The highest BCUT2D eigenvalue weighted by molar-refractivity contribution is 9.10. The second-order valence-corrected chi connectivity index (χ2v) is 7.27. The predicted molar refractivity (Wildman–Crippen MR) is 84.8 cm³/mol. The first kappa shape index (κ1) is 12.6. The van der Waals surface area contributed by atoms with Crippen molar-refractivity contribution < 1.29 is 0 Å². The van der Waals surface area contributed by atoms with Crippen LogP contribution in [-0.4, -0.2) is 11.5 Å². The molecule has 1 unspecified atom stereocenters. The van der Waals surface area contributed by atoms with Crippen molar-refractivity contribution in [3.05, 3.63) is 58.6 Å². The van der Waals surface area contributed by atoms with Gasteiger partial charge < -0.3 is 0 Å². The van der Waals surface area contributed by atoms with Crippen molar-refractivity contribution in [2.75, 3.05) is 11.5 Å². The summed E-state index contributed by atoms with van der Waals surface area (Å²) in [6, 6.07) is 17.3. The molecule has 3 rings (SSSR count). The lowest BCUT2D eigenvalue weighted by atomic mass is 10.0. The first-order valence-corrected chi connectivity index (χ1v) is 8.70. The van der Waals surface area contributed by atoms with Gasteiger partial charge in [0.25, 0.3) is 0 Å². The fourth-order valence-corrected chi connectivity index (χ4v) is 5.21. The molecular formula is C15H13BrS2. The number of halogens is 1. The van der Waals surface area contributed by atoms with Crippen LogP contribution < -0.4 is 0 Å². The summed E-state index contributed by atoms with van der Waals surface area (Å²) in [4.78, 5) is 2.81. The number of benzene rings is 2. The Morgan fingerprint density at radius 2 is 1.89 bits per heavy atom. The van der Waals surface area contributed by atoms with Crippen LogP contribution >= 0.6 is 39.5 Å². The van der Waals surface area contributed by atoms with Gasteiger partial charge in [-0.2, -0.15) is 0 Å². The molecule has 0 amide bonds. The van der Waals surface area contributed by atoms with Gasteiger partial charge in [-0.05, 0) is 39.7 Å². The van der Waals surface area contributed by atoms with Crippen LogP contribution in [0.25, 0.3) is 0 Å². The fraction of sp³-hybridized carbons (Fsp3) is 0.200. The molecule has 2 aromatic rings. The number of hydrogen-bond donors (Lipinski definition) is 0. The maximum absolute atomic E-state index is 3.61. The van der Waals surface area contributed by atoms with Crippen LogP contribution in [0.1, 0.15) is 11.5 Å². The quantitative estimate of drug-likeness (QED) is 0.685. The molecule has 0 aromatic heterocycles. The van der Waals surface area contributed by atoms with Crippen LogP contribution in [0.15, 0.2) is 62.8 Å². The maximum Gasteiger partial charge on any atom is 0.0311 e. The molecule has 0 aliphatic carbocycles. The zero-order valence-corrected chi connectivity index (χ0v) is 13.0. The van der Waals surface area contributed by atoms with Gasteiger partial charge in [-0.1, -0.05) is 30.3 Å². The van der Waals surface area contributed by atoms with E-state index < -0.39 is 0 Å². The highest BCUT2D eigenvalue weighted by Crippen LogP contribution is 2.42. The Morgan fingerprint density at radius 1 is 1.11 bits per heavy atom. The van der Waals surface area contributed by atoms with Crippen LogP contribution in [0.5, 0.6) is 0 Å². The molecule has 0 saturated heterocycles. The van der Waals surface area contributed by atoms with Gasteiger partial charge >= 0.3 is 0 Å². The van der Waals surface area contributed by atoms with Crippen LogP contribution in [0, 0.1) is 0 Å². The molecule has 0 N–H and O–H groups in total. The predicted octanol–water partition coefficient (Wildman–Crippen LogP) is 5.43. The smallest absolute Gasteiger partial charge is 0.0311 e. The van der Waals surface area contributed by atoms with Crippen molar-refractivity contribution >= 4 is 39.5 Å². The molecule has 0 spiro atoms.